The number of rotatable bonds is 6. The molecule has 1 atom stereocenters. The summed E-state index contributed by atoms with van der Waals surface area (Å²) in [4.78, 5) is 4.27. The van der Waals surface area contributed by atoms with Crippen LogP contribution in [0.25, 0.3) is 0 Å². The van der Waals surface area contributed by atoms with Gasteiger partial charge in [-0.2, -0.15) is 11.2 Å². The molecule has 0 N–H and O–H groups in total. The van der Waals surface area contributed by atoms with Crippen LogP contribution in [0.15, 0.2) is 4.99 Å². The lowest BCUT2D eigenvalue weighted by Gasteiger charge is -2.22. The van der Waals surface area contributed by atoms with Gasteiger partial charge in [-0.05, 0) is 26.0 Å². The summed E-state index contributed by atoms with van der Waals surface area (Å²) in [6.07, 6.45) is 4.44. The second-order valence-corrected chi connectivity index (χ2v) is 13.7. The van der Waals surface area contributed by atoms with Gasteiger partial charge >= 0.3 is 0 Å². The lowest BCUT2D eigenvalue weighted by molar-refractivity contribution is 0.750. The molecule has 78 valence electrons. The Bertz CT molecular complexity index is 151. The summed E-state index contributed by atoms with van der Waals surface area (Å²) in [5.74, 6) is 0. The van der Waals surface area contributed by atoms with Crippen molar-refractivity contribution in [3.8, 4) is 0 Å². The monoisotopic (exact) mass is 217 g/mol. The van der Waals surface area contributed by atoms with Gasteiger partial charge in [0.2, 0.25) is 0 Å². The first-order chi connectivity index (χ1) is 5.99. The third-order valence-corrected chi connectivity index (χ3v) is 6.47. The van der Waals surface area contributed by atoms with Crippen molar-refractivity contribution in [1.29, 1.82) is 0 Å². The van der Waals surface area contributed by atoms with Gasteiger partial charge in [0.05, 0.1) is 0 Å². The maximum atomic E-state index is 4.27. The summed E-state index contributed by atoms with van der Waals surface area (Å²) in [7, 11) is -0.937. The normalized spacial score (nSPS) is 15.2. The average molecular weight is 217 g/mol. The molecule has 0 rings (SSSR count). The van der Waals surface area contributed by atoms with E-state index in [4.69, 9.17) is 0 Å². The van der Waals surface area contributed by atoms with E-state index >= 15 is 0 Å². The number of hydrogen-bond acceptors (Lipinski definition) is 2. The van der Waals surface area contributed by atoms with E-state index < -0.39 is 7.22 Å². The molecule has 0 aliphatic heterocycles. The minimum atomic E-state index is -0.937. The van der Waals surface area contributed by atoms with Crippen LogP contribution in [0, 0.1) is 0 Å². The zero-order valence-corrected chi connectivity index (χ0v) is 11.4. The molecule has 0 aromatic heterocycles. The Morgan fingerprint density at radius 3 is 2.38 bits per heavy atom. The van der Waals surface area contributed by atoms with Crippen molar-refractivity contribution < 1.29 is 0 Å². The molecule has 0 aromatic carbocycles. The molecule has 0 saturated heterocycles. The van der Waals surface area contributed by atoms with Gasteiger partial charge < -0.3 is 0 Å². The molecule has 0 bridgehead atoms. The van der Waals surface area contributed by atoms with E-state index in [0.717, 1.165) is 11.8 Å². The molecule has 1 nitrogen and oxygen atoms in total. The van der Waals surface area contributed by atoms with E-state index in [2.05, 4.69) is 42.8 Å². The van der Waals surface area contributed by atoms with E-state index in [1.807, 2.05) is 13.1 Å². The molecule has 13 heavy (non-hydrogen) atoms. The largest absolute Gasteiger partial charge is 0.298 e. The van der Waals surface area contributed by atoms with Crippen molar-refractivity contribution in [2.45, 2.75) is 51.6 Å². The van der Waals surface area contributed by atoms with Gasteiger partial charge in [-0.15, -0.1) is 0 Å². The van der Waals surface area contributed by atoms with Crippen LogP contribution in [-0.2, 0) is 0 Å². The molecule has 0 saturated carbocycles. The van der Waals surface area contributed by atoms with Crippen LogP contribution in [0.5, 0.6) is 0 Å². The fourth-order valence-corrected chi connectivity index (χ4v) is 6.44. The zero-order valence-electron chi connectivity index (χ0n) is 9.63. The predicted molar refractivity (Wildman–Crippen MR) is 68.7 cm³/mol. The molecule has 0 spiro atoms. The van der Waals surface area contributed by atoms with Crippen LogP contribution in [0.1, 0.15) is 26.7 Å². The van der Waals surface area contributed by atoms with Crippen LogP contribution in [-0.4, -0.2) is 25.2 Å². The Morgan fingerprint density at radius 1 is 1.38 bits per heavy atom. The smallest absolute Gasteiger partial charge is 0.108 e. The van der Waals surface area contributed by atoms with Gasteiger partial charge in [0.25, 0.3) is 0 Å². The van der Waals surface area contributed by atoms with Crippen molar-refractivity contribution in [2.75, 3.05) is 6.54 Å². The number of aliphatic imine (C=N–C) groups is 1. The number of hydrogen-bond donors (Lipinski definition) is 0. The van der Waals surface area contributed by atoms with Crippen LogP contribution in [0.2, 0.25) is 19.6 Å². The Kier molecular flexibility index (Phi) is 6.78. The summed E-state index contributed by atoms with van der Waals surface area (Å²) < 4.78 is 0. The minimum Gasteiger partial charge on any atom is -0.298 e. The second kappa shape index (κ2) is 6.66. The zero-order chi connectivity index (χ0) is 10.3. The van der Waals surface area contributed by atoms with Crippen LogP contribution >= 0.6 is 11.2 Å². The van der Waals surface area contributed by atoms with Gasteiger partial charge in [-0.25, -0.2) is 0 Å². The average Bonchev–Trinajstić information content (AvgIpc) is 2.01. The Balaban J connectivity index is 3.76. The molecule has 0 aliphatic rings. The Hall–Kier alpha value is 0.237. The van der Waals surface area contributed by atoms with E-state index in [1.165, 1.54) is 12.8 Å². The highest BCUT2D eigenvalue weighted by molar-refractivity contribution is 8.29. The number of nitrogens with zero attached hydrogens (tertiary/aromatic N) is 1. The maximum absolute atomic E-state index is 4.27. The van der Waals surface area contributed by atoms with Crippen molar-refractivity contribution in [1.82, 2.24) is 0 Å². The van der Waals surface area contributed by atoms with Crippen molar-refractivity contribution in [2.24, 2.45) is 4.99 Å². The molecular weight excluding hydrogens is 194 g/mol. The first kappa shape index (κ1) is 13.2. The Morgan fingerprint density at radius 2 is 2.00 bits per heavy atom. The second-order valence-electron chi connectivity index (χ2n) is 4.21. The molecule has 0 fully saturated rings. The summed E-state index contributed by atoms with van der Waals surface area (Å²) in [5, 5.41) is 0.829. The highest BCUT2D eigenvalue weighted by Crippen LogP contribution is 2.28. The molecule has 0 aliphatic carbocycles. The standard InChI is InChI=1S/C10H23NSSi/c1-6-10(8-9-11-7-2)12-13(3,4)5/h7,10H,6,8-9H2,1-5H3/b11-7+. The topological polar surface area (TPSA) is 12.4 Å². The summed E-state index contributed by atoms with van der Waals surface area (Å²) >= 11 is 2.22. The van der Waals surface area contributed by atoms with Gasteiger partial charge in [0.1, 0.15) is 7.22 Å². The van der Waals surface area contributed by atoms with Crippen LogP contribution < -0.4 is 0 Å². The van der Waals surface area contributed by atoms with Gasteiger partial charge in [-0.3, -0.25) is 4.99 Å². The fourth-order valence-electron chi connectivity index (χ4n) is 1.19. The molecular formula is C10H23NSSi. The molecule has 0 amide bonds. The first-order valence-electron chi connectivity index (χ1n) is 5.12. The van der Waals surface area contributed by atoms with Crippen LogP contribution in [0.3, 0.4) is 0 Å². The summed E-state index contributed by atoms with van der Waals surface area (Å²) in [6, 6.07) is 0. The van der Waals surface area contributed by atoms with E-state index in [0.29, 0.717) is 0 Å². The molecule has 1 unspecified atom stereocenters. The maximum Gasteiger partial charge on any atom is 0.108 e. The van der Waals surface area contributed by atoms with E-state index in [9.17, 15) is 0 Å². The van der Waals surface area contributed by atoms with E-state index in [-0.39, 0.29) is 0 Å². The highest BCUT2D eigenvalue weighted by Gasteiger charge is 2.19. The predicted octanol–water partition coefficient (Wildman–Crippen LogP) is 3.81. The summed E-state index contributed by atoms with van der Waals surface area (Å²) in [6.45, 7) is 12.5. The van der Waals surface area contributed by atoms with Gasteiger partial charge in [0.15, 0.2) is 0 Å². The molecule has 0 radical (unpaired) electrons. The van der Waals surface area contributed by atoms with Gasteiger partial charge in [0, 0.05) is 11.8 Å². The van der Waals surface area contributed by atoms with E-state index in [1.54, 1.807) is 0 Å². The lowest BCUT2D eigenvalue weighted by atomic mass is 10.2. The van der Waals surface area contributed by atoms with Gasteiger partial charge in [-0.1, -0.05) is 26.6 Å². The van der Waals surface area contributed by atoms with Crippen molar-refractivity contribution in [3.05, 3.63) is 0 Å². The first-order valence-corrected chi connectivity index (χ1v) is 10.2. The fraction of sp³-hybridized carbons (Fsp3) is 0.900. The van der Waals surface area contributed by atoms with Crippen LogP contribution in [0.4, 0.5) is 0 Å². The third kappa shape index (κ3) is 8.56. The van der Waals surface area contributed by atoms with Crippen molar-refractivity contribution in [3.63, 3.8) is 0 Å². The molecule has 3 heteroatoms. The Labute approximate surface area is 88.1 Å². The lowest BCUT2D eigenvalue weighted by Crippen LogP contribution is -2.20. The SMILES string of the molecule is C/C=N/CCC(CC)S[Si](C)(C)C. The minimum absolute atomic E-state index is 0.829. The third-order valence-electron chi connectivity index (χ3n) is 1.74. The quantitative estimate of drug-likeness (QED) is 0.487. The van der Waals surface area contributed by atoms with Crippen molar-refractivity contribution >= 4 is 24.6 Å². The molecule has 0 aromatic rings. The highest BCUT2D eigenvalue weighted by atomic mass is 32.4. The summed E-state index contributed by atoms with van der Waals surface area (Å²) in [5.41, 5.74) is 0. The molecule has 0 heterocycles.